The minimum absolute atomic E-state index is 0.233. The molecule has 0 aromatic heterocycles. The lowest BCUT2D eigenvalue weighted by Gasteiger charge is -2.26. The third-order valence-corrected chi connectivity index (χ3v) is 15.0. The number of rotatable bonds is 4. The smallest absolute Gasteiger partial charge is 0.0159 e. The molecule has 2 aliphatic rings. The molecule has 2 aliphatic carbocycles. The van der Waals surface area contributed by atoms with E-state index >= 15 is 0 Å². The van der Waals surface area contributed by atoms with Crippen LogP contribution in [-0.4, -0.2) is 0 Å². The maximum atomic E-state index is 2.59. The lowest BCUT2D eigenvalue weighted by molar-refractivity contribution is 0.661. The van der Waals surface area contributed by atoms with E-state index in [2.05, 4.69) is 234 Å². The number of hydrogen-bond donors (Lipinski definition) is 0. The molecule has 0 saturated carbocycles. The first-order valence-electron chi connectivity index (χ1n) is 22.8. The van der Waals surface area contributed by atoms with E-state index in [4.69, 9.17) is 0 Å². The Labute approximate surface area is 375 Å². The summed E-state index contributed by atoms with van der Waals surface area (Å²) in [5, 5.41) is 10.4. The minimum Gasteiger partial charge on any atom is -0.0622 e. The van der Waals surface area contributed by atoms with Gasteiger partial charge in [0.2, 0.25) is 0 Å². The first kappa shape index (κ1) is 37.1. The van der Waals surface area contributed by atoms with Crippen molar-refractivity contribution in [2.45, 2.75) is 38.5 Å². The average Bonchev–Trinajstić information content (AvgIpc) is 3.71. The Balaban J connectivity index is 1.18. The summed E-state index contributed by atoms with van der Waals surface area (Å²) in [5.74, 6) is 0. The van der Waals surface area contributed by atoms with E-state index < -0.39 is 0 Å². The normalized spacial score (nSPS) is 14.2. The van der Waals surface area contributed by atoms with Gasteiger partial charge in [0, 0.05) is 10.8 Å². The molecule has 0 amide bonds. The summed E-state index contributed by atoms with van der Waals surface area (Å²) in [5.41, 5.74) is 20.6. The Morgan fingerprint density at radius 1 is 0.219 bits per heavy atom. The fourth-order valence-corrected chi connectivity index (χ4v) is 11.9. The second kappa shape index (κ2) is 13.5. The van der Waals surface area contributed by atoms with Crippen LogP contribution in [0.25, 0.3) is 110 Å². The Morgan fingerprint density at radius 3 is 0.891 bits per heavy atom. The van der Waals surface area contributed by atoms with Crippen LogP contribution in [0, 0.1) is 0 Å². The number of fused-ring (bicyclic) bond motifs is 13. The molecule has 0 unspecified atom stereocenters. The van der Waals surface area contributed by atoms with Gasteiger partial charge in [0.25, 0.3) is 0 Å². The summed E-state index contributed by atoms with van der Waals surface area (Å²) in [7, 11) is 0. The molecule has 0 saturated heterocycles. The molecule has 0 nitrogen and oxygen atoms in total. The summed E-state index contributed by atoms with van der Waals surface area (Å²) < 4.78 is 0. The highest BCUT2D eigenvalue weighted by Crippen LogP contribution is 2.59. The van der Waals surface area contributed by atoms with Crippen LogP contribution in [0.5, 0.6) is 0 Å². The Bertz CT molecular complexity index is 3470. The molecule has 302 valence electrons. The Morgan fingerprint density at radius 2 is 0.531 bits per heavy atom. The molecular weight excluding hydrogens is 769 g/mol. The molecule has 0 fully saturated rings. The van der Waals surface area contributed by atoms with Crippen LogP contribution in [-0.2, 0) is 10.8 Å². The van der Waals surface area contributed by atoms with Gasteiger partial charge in [-0.3, -0.25) is 0 Å². The van der Waals surface area contributed by atoms with Crippen LogP contribution in [0.4, 0.5) is 0 Å². The highest BCUT2D eigenvalue weighted by atomic mass is 14.4. The first-order valence-corrected chi connectivity index (χ1v) is 22.8. The Hall–Kier alpha value is -7.54. The van der Waals surface area contributed by atoms with Crippen LogP contribution in [0.2, 0.25) is 0 Å². The monoisotopic (exact) mass is 814 g/mol. The summed E-state index contributed by atoms with van der Waals surface area (Å²) in [6.45, 7) is 9.77. The van der Waals surface area contributed by atoms with E-state index in [9.17, 15) is 0 Å². The highest BCUT2D eigenvalue weighted by molar-refractivity contribution is 6.25. The largest absolute Gasteiger partial charge is 0.0622 e. The average molecular weight is 815 g/mol. The van der Waals surface area contributed by atoms with Crippen molar-refractivity contribution >= 4 is 43.1 Å². The SMILES string of the molecule is CC1(C)c2cc3c(cc2-c2c1cc(-c1ccccc1)c1ccccc21)c(-c1ccccc1)c(-c1ccccc1)c1cc2c(cc13)C(C)(C)c1cc(-c3ccccc3)c3ccccc3c1-2. The van der Waals surface area contributed by atoms with Crippen LogP contribution < -0.4 is 0 Å². The Kier molecular flexibility index (Phi) is 7.80. The standard InChI is InChI=1S/C64H46/c1-63(2)55-37-49-50-38-56-54(62-46-32-20-18-30-44(46)48(36-58(62)64(56,3)4)40-23-11-6-12-24-40)34-52(50)60(42-27-15-8-16-28-42)59(41-25-13-7-14-26-41)51(49)33-53(55)61-45-31-19-17-29-43(45)47(35-57(61)63)39-21-9-5-10-22-39/h5-38H,1-4H3. The fourth-order valence-electron chi connectivity index (χ4n) is 11.9. The molecule has 0 aliphatic heterocycles. The number of benzene rings is 11. The third-order valence-electron chi connectivity index (χ3n) is 15.0. The molecule has 0 heterocycles. The summed E-state index contributed by atoms with van der Waals surface area (Å²) in [6.07, 6.45) is 0. The maximum absolute atomic E-state index is 2.59. The topological polar surface area (TPSA) is 0 Å². The van der Waals surface area contributed by atoms with E-state index in [0.29, 0.717) is 0 Å². The molecule has 0 radical (unpaired) electrons. The molecule has 0 heteroatoms. The van der Waals surface area contributed by atoms with E-state index in [1.165, 1.54) is 132 Å². The molecule has 0 spiro atoms. The van der Waals surface area contributed by atoms with Crippen LogP contribution in [0.3, 0.4) is 0 Å². The van der Waals surface area contributed by atoms with Gasteiger partial charge < -0.3 is 0 Å². The van der Waals surface area contributed by atoms with Crippen molar-refractivity contribution in [3.8, 4) is 66.8 Å². The van der Waals surface area contributed by atoms with Crippen molar-refractivity contribution in [2.24, 2.45) is 0 Å². The molecule has 13 rings (SSSR count). The lowest BCUT2D eigenvalue weighted by atomic mass is 9.77. The lowest BCUT2D eigenvalue weighted by Crippen LogP contribution is -2.15. The predicted octanol–water partition coefficient (Wildman–Crippen LogP) is 17.6. The van der Waals surface area contributed by atoms with E-state index in [0.717, 1.165) is 0 Å². The van der Waals surface area contributed by atoms with Gasteiger partial charge in [-0.05, 0) is 169 Å². The first-order chi connectivity index (χ1) is 31.3. The van der Waals surface area contributed by atoms with Crippen molar-refractivity contribution in [3.63, 3.8) is 0 Å². The fraction of sp³-hybridized carbons (Fsp3) is 0.0938. The van der Waals surface area contributed by atoms with E-state index in [-0.39, 0.29) is 10.8 Å². The van der Waals surface area contributed by atoms with Crippen LogP contribution in [0.1, 0.15) is 49.9 Å². The second-order valence-electron chi connectivity index (χ2n) is 19.1. The van der Waals surface area contributed by atoms with Gasteiger partial charge in [-0.2, -0.15) is 0 Å². The second-order valence-corrected chi connectivity index (χ2v) is 19.1. The molecule has 64 heavy (non-hydrogen) atoms. The molecular formula is C64H46. The van der Waals surface area contributed by atoms with Crippen molar-refractivity contribution in [1.82, 2.24) is 0 Å². The van der Waals surface area contributed by atoms with Gasteiger partial charge >= 0.3 is 0 Å². The summed E-state index contributed by atoms with van der Waals surface area (Å²) >= 11 is 0. The van der Waals surface area contributed by atoms with Gasteiger partial charge in [0.15, 0.2) is 0 Å². The van der Waals surface area contributed by atoms with Gasteiger partial charge in [0.1, 0.15) is 0 Å². The van der Waals surface area contributed by atoms with E-state index in [1.807, 2.05) is 0 Å². The summed E-state index contributed by atoms with van der Waals surface area (Å²) in [4.78, 5) is 0. The zero-order chi connectivity index (χ0) is 42.9. The predicted molar refractivity (Wildman–Crippen MR) is 273 cm³/mol. The van der Waals surface area contributed by atoms with Gasteiger partial charge in [-0.15, -0.1) is 0 Å². The maximum Gasteiger partial charge on any atom is 0.0159 e. The molecule has 11 aromatic carbocycles. The molecule has 0 bridgehead atoms. The summed E-state index contributed by atoms with van der Waals surface area (Å²) in [6, 6.07) is 77.7. The van der Waals surface area contributed by atoms with Crippen molar-refractivity contribution in [2.75, 3.05) is 0 Å². The minimum atomic E-state index is -0.233. The molecule has 0 atom stereocenters. The van der Waals surface area contributed by atoms with Gasteiger partial charge in [0.05, 0.1) is 0 Å². The van der Waals surface area contributed by atoms with Crippen molar-refractivity contribution in [3.05, 3.63) is 229 Å². The third kappa shape index (κ3) is 5.11. The van der Waals surface area contributed by atoms with Crippen molar-refractivity contribution in [1.29, 1.82) is 0 Å². The molecule has 0 N–H and O–H groups in total. The van der Waals surface area contributed by atoms with Crippen LogP contribution >= 0.6 is 0 Å². The zero-order valence-corrected chi connectivity index (χ0v) is 36.6. The van der Waals surface area contributed by atoms with Crippen molar-refractivity contribution < 1.29 is 0 Å². The zero-order valence-electron chi connectivity index (χ0n) is 36.6. The van der Waals surface area contributed by atoms with E-state index in [1.54, 1.807) is 0 Å². The number of hydrogen-bond acceptors (Lipinski definition) is 0. The quantitative estimate of drug-likeness (QED) is 0.155. The van der Waals surface area contributed by atoms with Gasteiger partial charge in [-0.25, -0.2) is 0 Å². The van der Waals surface area contributed by atoms with Gasteiger partial charge in [-0.1, -0.05) is 198 Å². The highest BCUT2D eigenvalue weighted by Gasteiger charge is 2.40. The molecule has 11 aromatic rings. The van der Waals surface area contributed by atoms with Crippen LogP contribution in [0.15, 0.2) is 206 Å².